The zero-order chi connectivity index (χ0) is 16.8. The molecule has 1 N–H and O–H groups in total. The van der Waals surface area contributed by atoms with Crippen LogP contribution >= 0.6 is 0 Å². The first-order chi connectivity index (χ1) is 11.1. The number of rotatable bonds is 6. The summed E-state index contributed by atoms with van der Waals surface area (Å²) in [5, 5.41) is 9.24. The number of carboxylic acids is 1. The topological polar surface area (TPSA) is 85.3 Å². The number of morpholine rings is 1. The highest BCUT2D eigenvalue weighted by atomic mass is 16.5. The predicted molar refractivity (Wildman–Crippen MR) is 82.1 cm³/mol. The SMILES string of the molecule is CCOc1ccc(C(=O)N2CCOCC2C(=O)O)cc1OCC. The van der Waals surface area contributed by atoms with Crippen LogP contribution in [0.5, 0.6) is 11.5 Å². The van der Waals surface area contributed by atoms with Crippen molar-refractivity contribution >= 4 is 11.9 Å². The van der Waals surface area contributed by atoms with Crippen LogP contribution in [0.3, 0.4) is 0 Å². The molecule has 0 spiro atoms. The first-order valence-corrected chi connectivity index (χ1v) is 7.59. The molecular formula is C16H21NO6. The highest BCUT2D eigenvalue weighted by Gasteiger charge is 2.33. The Morgan fingerprint density at radius 1 is 1.26 bits per heavy atom. The van der Waals surface area contributed by atoms with Crippen molar-refractivity contribution in [1.82, 2.24) is 4.90 Å². The Morgan fingerprint density at radius 2 is 1.96 bits per heavy atom. The van der Waals surface area contributed by atoms with E-state index in [0.29, 0.717) is 36.9 Å². The van der Waals surface area contributed by atoms with Gasteiger partial charge in [0.15, 0.2) is 17.5 Å². The van der Waals surface area contributed by atoms with Gasteiger partial charge >= 0.3 is 5.97 Å². The van der Waals surface area contributed by atoms with Crippen LogP contribution < -0.4 is 9.47 Å². The second-order valence-corrected chi connectivity index (χ2v) is 4.96. The average Bonchev–Trinajstić information content (AvgIpc) is 2.56. The number of carboxylic acid groups (broad SMARTS) is 1. The summed E-state index contributed by atoms with van der Waals surface area (Å²) < 4.78 is 16.1. The Bertz CT molecular complexity index is 574. The van der Waals surface area contributed by atoms with Crippen molar-refractivity contribution in [1.29, 1.82) is 0 Å². The molecule has 0 radical (unpaired) electrons. The third kappa shape index (κ3) is 3.92. The highest BCUT2D eigenvalue weighted by Crippen LogP contribution is 2.29. The minimum Gasteiger partial charge on any atom is -0.490 e. The molecule has 1 unspecified atom stereocenters. The first kappa shape index (κ1) is 17.1. The lowest BCUT2D eigenvalue weighted by atomic mass is 10.1. The largest absolute Gasteiger partial charge is 0.490 e. The fourth-order valence-corrected chi connectivity index (χ4v) is 2.40. The molecule has 1 atom stereocenters. The molecule has 1 aromatic carbocycles. The molecule has 1 saturated heterocycles. The number of amides is 1. The zero-order valence-electron chi connectivity index (χ0n) is 13.3. The monoisotopic (exact) mass is 323 g/mol. The third-order valence-electron chi connectivity index (χ3n) is 3.46. The summed E-state index contributed by atoms with van der Waals surface area (Å²) in [5.41, 5.74) is 0.366. The maximum atomic E-state index is 12.7. The number of hydrogen-bond acceptors (Lipinski definition) is 5. The molecule has 0 aromatic heterocycles. The molecule has 1 aliphatic rings. The summed E-state index contributed by atoms with van der Waals surface area (Å²) in [4.78, 5) is 25.3. The van der Waals surface area contributed by atoms with Gasteiger partial charge in [0, 0.05) is 12.1 Å². The number of benzene rings is 1. The quantitative estimate of drug-likeness (QED) is 0.852. The molecule has 0 aliphatic carbocycles. The molecule has 0 bridgehead atoms. The lowest BCUT2D eigenvalue weighted by Gasteiger charge is -2.33. The van der Waals surface area contributed by atoms with Gasteiger partial charge in [-0.1, -0.05) is 0 Å². The van der Waals surface area contributed by atoms with Crippen LogP contribution in [-0.2, 0) is 9.53 Å². The number of aliphatic carboxylic acids is 1. The molecule has 7 nitrogen and oxygen atoms in total. The van der Waals surface area contributed by atoms with Gasteiger partial charge in [-0.3, -0.25) is 4.79 Å². The summed E-state index contributed by atoms with van der Waals surface area (Å²) in [6.45, 7) is 5.19. The van der Waals surface area contributed by atoms with Crippen molar-refractivity contribution in [3.8, 4) is 11.5 Å². The van der Waals surface area contributed by atoms with Crippen molar-refractivity contribution in [3.63, 3.8) is 0 Å². The molecule has 1 aromatic rings. The zero-order valence-corrected chi connectivity index (χ0v) is 13.3. The van der Waals surface area contributed by atoms with Crippen LogP contribution in [-0.4, -0.2) is 60.9 Å². The van der Waals surface area contributed by atoms with E-state index in [1.165, 1.54) is 4.90 Å². The Kier molecular flexibility index (Phi) is 5.81. The maximum Gasteiger partial charge on any atom is 0.328 e. The van der Waals surface area contributed by atoms with E-state index in [0.717, 1.165) is 0 Å². The van der Waals surface area contributed by atoms with E-state index in [4.69, 9.17) is 14.2 Å². The van der Waals surface area contributed by atoms with Gasteiger partial charge in [-0.2, -0.15) is 0 Å². The van der Waals surface area contributed by atoms with Gasteiger partial charge in [-0.25, -0.2) is 4.79 Å². The summed E-state index contributed by atoms with van der Waals surface area (Å²) >= 11 is 0. The molecular weight excluding hydrogens is 302 g/mol. The van der Waals surface area contributed by atoms with E-state index in [1.54, 1.807) is 18.2 Å². The van der Waals surface area contributed by atoms with E-state index < -0.39 is 12.0 Å². The molecule has 0 saturated carbocycles. The second-order valence-electron chi connectivity index (χ2n) is 4.96. The lowest BCUT2D eigenvalue weighted by molar-refractivity contribution is -0.147. The van der Waals surface area contributed by atoms with Crippen molar-refractivity contribution in [2.45, 2.75) is 19.9 Å². The van der Waals surface area contributed by atoms with Gasteiger partial charge < -0.3 is 24.2 Å². The third-order valence-corrected chi connectivity index (χ3v) is 3.46. The fourth-order valence-electron chi connectivity index (χ4n) is 2.40. The van der Waals surface area contributed by atoms with Crippen molar-refractivity contribution in [2.75, 3.05) is 33.0 Å². The fraction of sp³-hybridized carbons (Fsp3) is 0.500. The molecule has 23 heavy (non-hydrogen) atoms. The van der Waals surface area contributed by atoms with Crippen LogP contribution in [0.15, 0.2) is 18.2 Å². The van der Waals surface area contributed by atoms with Gasteiger partial charge in [0.25, 0.3) is 5.91 Å². The van der Waals surface area contributed by atoms with Crippen LogP contribution in [0.1, 0.15) is 24.2 Å². The van der Waals surface area contributed by atoms with Gasteiger partial charge in [-0.15, -0.1) is 0 Å². The maximum absolute atomic E-state index is 12.7. The van der Waals surface area contributed by atoms with Gasteiger partial charge in [0.2, 0.25) is 0 Å². The summed E-state index contributed by atoms with van der Waals surface area (Å²) in [6, 6.07) is 3.89. The molecule has 126 valence electrons. The number of nitrogens with zero attached hydrogens (tertiary/aromatic N) is 1. The first-order valence-electron chi connectivity index (χ1n) is 7.59. The lowest BCUT2D eigenvalue weighted by Crippen LogP contribution is -2.52. The van der Waals surface area contributed by atoms with E-state index in [-0.39, 0.29) is 19.1 Å². The number of hydrogen-bond donors (Lipinski definition) is 1. The standard InChI is InChI=1S/C16H21NO6/c1-3-22-13-6-5-11(9-14(13)23-4-2)15(18)17-7-8-21-10-12(17)16(19)20/h5-6,9,12H,3-4,7-8,10H2,1-2H3,(H,19,20). The van der Waals surface area contributed by atoms with E-state index >= 15 is 0 Å². The Hall–Kier alpha value is -2.28. The Morgan fingerprint density at radius 3 is 2.61 bits per heavy atom. The van der Waals surface area contributed by atoms with Crippen LogP contribution in [0.2, 0.25) is 0 Å². The summed E-state index contributed by atoms with van der Waals surface area (Å²) in [7, 11) is 0. The molecule has 1 aliphatic heterocycles. The van der Waals surface area contributed by atoms with Crippen molar-refractivity contribution in [2.24, 2.45) is 0 Å². The molecule has 2 rings (SSSR count). The number of ether oxygens (including phenoxy) is 3. The smallest absolute Gasteiger partial charge is 0.328 e. The molecule has 1 fully saturated rings. The number of carbonyl (C=O) groups excluding carboxylic acids is 1. The van der Waals surface area contributed by atoms with Crippen LogP contribution in [0.25, 0.3) is 0 Å². The van der Waals surface area contributed by atoms with Gasteiger partial charge in [0.05, 0.1) is 26.4 Å². The molecule has 7 heteroatoms. The van der Waals surface area contributed by atoms with E-state index in [9.17, 15) is 14.7 Å². The Labute approximate surface area is 134 Å². The van der Waals surface area contributed by atoms with E-state index in [2.05, 4.69) is 0 Å². The van der Waals surface area contributed by atoms with Crippen LogP contribution in [0, 0.1) is 0 Å². The molecule has 1 heterocycles. The van der Waals surface area contributed by atoms with Crippen molar-refractivity contribution in [3.05, 3.63) is 23.8 Å². The van der Waals surface area contributed by atoms with E-state index in [1.807, 2.05) is 13.8 Å². The predicted octanol–water partition coefficient (Wildman–Crippen LogP) is 1.41. The minimum atomic E-state index is -1.07. The van der Waals surface area contributed by atoms with Crippen LogP contribution in [0.4, 0.5) is 0 Å². The van der Waals surface area contributed by atoms with Gasteiger partial charge in [-0.05, 0) is 32.0 Å². The van der Waals surface area contributed by atoms with Crippen molar-refractivity contribution < 1.29 is 28.9 Å². The molecule has 1 amide bonds. The summed E-state index contributed by atoms with van der Waals surface area (Å²) in [5.74, 6) is -0.401. The summed E-state index contributed by atoms with van der Waals surface area (Å²) in [6.07, 6.45) is 0. The highest BCUT2D eigenvalue weighted by molar-refractivity contribution is 5.97. The number of carbonyl (C=O) groups is 2. The Balaban J connectivity index is 2.27. The normalized spacial score (nSPS) is 17.7. The second kappa shape index (κ2) is 7.82. The van der Waals surface area contributed by atoms with Gasteiger partial charge in [0.1, 0.15) is 0 Å². The average molecular weight is 323 g/mol. The minimum absolute atomic E-state index is 0.00355.